The summed E-state index contributed by atoms with van der Waals surface area (Å²) in [6.45, 7) is 0. The Balaban J connectivity index is 1.08. The van der Waals surface area contributed by atoms with E-state index in [-0.39, 0.29) is 0 Å². The van der Waals surface area contributed by atoms with Crippen molar-refractivity contribution in [2.24, 2.45) is 0 Å². The van der Waals surface area contributed by atoms with Gasteiger partial charge < -0.3 is 13.9 Å². The highest BCUT2D eigenvalue weighted by molar-refractivity contribution is 6.25. The molecule has 12 rings (SSSR count). The van der Waals surface area contributed by atoms with Crippen LogP contribution in [0.2, 0.25) is 0 Å². The maximum atomic E-state index is 7.18. The molecule has 0 bridgehead atoms. The third-order valence-corrected chi connectivity index (χ3v) is 12.2. The predicted octanol–water partition coefficient (Wildman–Crippen LogP) is 16.3. The monoisotopic (exact) mass is 778 g/mol. The summed E-state index contributed by atoms with van der Waals surface area (Å²) < 4.78 is 9.56. The number of para-hydroxylation sites is 3. The fraction of sp³-hybridized carbons (Fsp3) is 0. The van der Waals surface area contributed by atoms with Crippen LogP contribution in [0.15, 0.2) is 235 Å². The molecule has 61 heavy (non-hydrogen) atoms. The van der Waals surface area contributed by atoms with Crippen molar-refractivity contribution < 1.29 is 4.42 Å². The summed E-state index contributed by atoms with van der Waals surface area (Å²) >= 11 is 0. The van der Waals surface area contributed by atoms with Gasteiger partial charge in [-0.15, -0.1) is 0 Å². The third-order valence-electron chi connectivity index (χ3n) is 12.2. The van der Waals surface area contributed by atoms with Crippen LogP contribution in [0.5, 0.6) is 0 Å². The lowest BCUT2D eigenvalue weighted by Gasteiger charge is -2.27. The second-order valence-electron chi connectivity index (χ2n) is 15.6. The Morgan fingerprint density at radius 3 is 1.49 bits per heavy atom. The second kappa shape index (κ2) is 14.3. The number of aromatic nitrogens is 1. The van der Waals surface area contributed by atoms with E-state index in [2.05, 4.69) is 240 Å². The number of furan rings is 1. The van der Waals surface area contributed by atoms with E-state index >= 15 is 0 Å². The van der Waals surface area contributed by atoms with Gasteiger partial charge in [-0.05, 0) is 81.7 Å². The molecule has 10 aromatic carbocycles. The van der Waals surface area contributed by atoms with Gasteiger partial charge in [0.05, 0.1) is 16.7 Å². The van der Waals surface area contributed by atoms with Crippen LogP contribution in [0, 0.1) is 0 Å². The average Bonchev–Trinajstić information content (AvgIpc) is 3.89. The highest BCUT2D eigenvalue weighted by Crippen LogP contribution is 2.48. The van der Waals surface area contributed by atoms with E-state index in [1.807, 2.05) is 0 Å². The van der Waals surface area contributed by atoms with Crippen LogP contribution in [0.3, 0.4) is 0 Å². The van der Waals surface area contributed by atoms with E-state index in [9.17, 15) is 0 Å². The summed E-state index contributed by atoms with van der Waals surface area (Å²) in [7, 11) is 0. The Morgan fingerprint density at radius 1 is 0.344 bits per heavy atom. The van der Waals surface area contributed by atoms with Crippen LogP contribution in [-0.2, 0) is 0 Å². The summed E-state index contributed by atoms with van der Waals surface area (Å²) in [6.07, 6.45) is 0. The molecule has 0 spiro atoms. The summed E-state index contributed by atoms with van der Waals surface area (Å²) in [5, 5.41) is 6.94. The lowest BCUT2D eigenvalue weighted by molar-refractivity contribution is 0.670. The first-order chi connectivity index (χ1) is 30.3. The number of hydrogen-bond acceptors (Lipinski definition) is 2. The van der Waals surface area contributed by atoms with Crippen LogP contribution in [-0.4, -0.2) is 4.57 Å². The highest BCUT2D eigenvalue weighted by Gasteiger charge is 2.23. The minimum Gasteiger partial charge on any atom is -0.455 e. The Labute approximate surface area is 353 Å². The molecule has 0 radical (unpaired) electrons. The van der Waals surface area contributed by atoms with Gasteiger partial charge in [0.1, 0.15) is 11.2 Å². The van der Waals surface area contributed by atoms with Crippen LogP contribution >= 0.6 is 0 Å². The van der Waals surface area contributed by atoms with Gasteiger partial charge in [-0.3, -0.25) is 0 Å². The fourth-order valence-electron chi connectivity index (χ4n) is 9.43. The van der Waals surface area contributed by atoms with Crippen LogP contribution < -0.4 is 4.90 Å². The molecule has 0 fully saturated rings. The largest absolute Gasteiger partial charge is 0.455 e. The number of rotatable bonds is 7. The van der Waals surface area contributed by atoms with Gasteiger partial charge in [0.15, 0.2) is 0 Å². The molecule has 0 N–H and O–H groups in total. The zero-order chi connectivity index (χ0) is 40.3. The normalized spacial score (nSPS) is 11.6. The minimum absolute atomic E-state index is 0.849. The summed E-state index contributed by atoms with van der Waals surface area (Å²) in [6, 6.07) is 82.6. The van der Waals surface area contributed by atoms with E-state index in [0.717, 1.165) is 72.1 Å². The molecule has 0 unspecified atom stereocenters. The van der Waals surface area contributed by atoms with Gasteiger partial charge in [0, 0.05) is 55.6 Å². The molecule has 286 valence electrons. The number of hydrogen-bond donors (Lipinski definition) is 0. The van der Waals surface area contributed by atoms with E-state index in [1.165, 1.54) is 38.5 Å². The lowest BCUT2D eigenvalue weighted by atomic mass is 9.96. The van der Waals surface area contributed by atoms with Gasteiger partial charge in [-0.1, -0.05) is 176 Å². The van der Waals surface area contributed by atoms with Crippen molar-refractivity contribution in [1.82, 2.24) is 4.57 Å². The maximum Gasteiger partial charge on any atom is 0.143 e. The van der Waals surface area contributed by atoms with Gasteiger partial charge in [0.2, 0.25) is 0 Å². The van der Waals surface area contributed by atoms with E-state index in [4.69, 9.17) is 4.42 Å². The molecule has 0 saturated heterocycles. The van der Waals surface area contributed by atoms with Crippen molar-refractivity contribution in [2.45, 2.75) is 0 Å². The molecule has 0 saturated carbocycles. The topological polar surface area (TPSA) is 21.3 Å². The molecular weight excluding hydrogens is 741 g/mol. The Kier molecular flexibility index (Phi) is 8.17. The molecule has 2 aromatic heterocycles. The maximum absolute atomic E-state index is 7.18. The first-order valence-electron chi connectivity index (χ1n) is 20.8. The van der Waals surface area contributed by atoms with Crippen LogP contribution in [0.25, 0.3) is 93.6 Å². The van der Waals surface area contributed by atoms with E-state index in [0.29, 0.717) is 0 Å². The Hall–Kier alpha value is -8.14. The molecule has 0 amide bonds. The second-order valence-corrected chi connectivity index (χ2v) is 15.6. The molecular formula is C58H38N2O. The average molecular weight is 779 g/mol. The van der Waals surface area contributed by atoms with Crippen molar-refractivity contribution in [3.05, 3.63) is 231 Å². The van der Waals surface area contributed by atoms with E-state index in [1.54, 1.807) is 0 Å². The Bertz CT molecular complexity index is 3470. The van der Waals surface area contributed by atoms with Crippen molar-refractivity contribution in [3.63, 3.8) is 0 Å². The molecule has 12 aromatic rings. The van der Waals surface area contributed by atoms with Crippen LogP contribution in [0.1, 0.15) is 0 Å². The number of nitrogens with zero attached hydrogens (tertiary/aromatic N) is 2. The first kappa shape index (κ1) is 34.9. The lowest BCUT2D eigenvalue weighted by Crippen LogP contribution is -2.10. The quantitative estimate of drug-likeness (QED) is 0.161. The molecule has 0 atom stereocenters. The molecule has 3 heteroatoms. The van der Waals surface area contributed by atoms with Crippen molar-refractivity contribution in [1.29, 1.82) is 0 Å². The third kappa shape index (κ3) is 5.74. The van der Waals surface area contributed by atoms with Crippen LogP contribution in [0.4, 0.5) is 17.1 Å². The van der Waals surface area contributed by atoms with Gasteiger partial charge >= 0.3 is 0 Å². The number of fused-ring (bicyclic) bond motifs is 8. The summed E-state index contributed by atoms with van der Waals surface area (Å²) in [4.78, 5) is 2.37. The molecule has 2 heterocycles. The summed E-state index contributed by atoms with van der Waals surface area (Å²) in [5.41, 5.74) is 15.4. The molecule has 3 nitrogen and oxygen atoms in total. The van der Waals surface area contributed by atoms with Gasteiger partial charge in [-0.25, -0.2) is 0 Å². The molecule has 0 aliphatic heterocycles. The summed E-state index contributed by atoms with van der Waals surface area (Å²) in [5.74, 6) is 0. The highest BCUT2D eigenvalue weighted by atomic mass is 16.3. The zero-order valence-corrected chi connectivity index (χ0v) is 33.2. The smallest absolute Gasteiger partial charge is 0.143 e. The fourth-order valence-corrected chi connectivity index (χ4v) is 9.43. The van der Waals surface area contributed by atoms with E-state index < -0.39 is 0 Å². The van der Waals surface area contributed by atoms with Crippen molar-refractivity contribution in [3.8, 4) is 39.1 Å². The van der Waals surface area contributed by atoms with Crippen molar-refractivity contribution >= 4 is 71.6 Å². The zero-order valence-electron chi connectivity index (χ0n) is 33.2. The Morgan fingerprint density at radius 2 is 0.836 bits per heavy atom. The van der Waals surface area contributed by atoms with Crippen molar-refractivity contribution in [2.75, 3.05) is 4.90 Å². The SMILES string of the molecule is c1ccc(-c2ccc(N(c3ccc(-c4ccccc4)cc3)c3cc4oc5c(-c6cccc7c6c6ccccc6n7-c6ccccc6)cccc5c4c4ccccc34)cc2)cc1. The van der Waals surface area contributed by atoms with Gasteiger partial charge in [-0.2, -0.15) is 0 Å². The van der Waals surface area contributed by atoms with Gasteiger partial charge in [0.25, 0.3) is 0 Å². The minimum atomic E-state index is 0.849. The number of benzene rings is 10. The first-order valence-corrected chi connectivity index (χ1v) is 20.8. The standard InChI is InChI=1S/C58H38N2O/c1-4-16-39(17-5-1)41-30-34-44(35-31-41)59(45-36-32-42(33-37-45)40-18-6-2-7-19-40)54-38-55-57(47-23-11-10-22-46(47)54)51-27-14-26-49(58(51)61-55)48-25-15-29-53-56(48)50-24-12-13-28-52(50)60(53)43-20-8-3-9-21-43/h1-38H. The molecule has 0 aliphatic rings. The molecule has 0 aliphatic carbocycles. The number of anilines is 3. The predicted molar refractivity (Wildman–Crippen MR) is 257 cm³/mol.